The van der Waals surface area contributed by atoms with Crippen molar-refractivity contribution in [1.29, 1.82) is 0 Å². The molecule has 134 valence electrons. The lowest BCUT2D eigenvalue weighted by atomic mass is 9.73. The summed E-state index contributed by atoms with van der Waals surface area (Å²) in [5, 5.41) is 11.0. The number of allylic oxidation sites excluding steroid dienone is 1. The largest absolute Gasteiger partial charge is 0.405 e. The molecular weight excluding hydrogens is 344 g/mol. The summed E-state index contributed by atoms with van der Waals surface area (Å²) in [6.45, 7) is 0. The third-order valence-electron chi connectivity index (χ3n) is 5.87. The lowest BCUT2D eigenvalue weighted by Crippen LogP contribution is -2.44. The molecular formula is C21H16N2O4. The summed E-state index contributed by atoms with van der Waals surface area (Å²) in [6, 6.07) is 15.9. The molecule has 0 aromatic heterocycles. The molecule has 3 aliphatic rings. The molecule has 0 saturated heterocycles. The number of aliphatic imine (C=N–C) groups is 1. The number of nitro benzene ring substituents is 1. The van der Waals surface area contributed by atoms with Crippen LogP contribution < -0.4 is 0 Å². The summed E-state index contributed by atoms with van der Waals surface area (Å²) >= 11 is 0. The van der Waals surface area contributed by atoms with Gasteiger partial charge in [0.1, 0.15) is 0 Å². The van der Waals surface area contributed by atoms with Crippen molar-refractivity contribution in [3.05, 3.63) is 88.0 Å². The van der Waals surface area contributed by atoms with E-state index in [4.69, 9.17) is 9.73 Å². The molecule has 1 aliphatic heterocycles. The number of hydrogen-bond donors (Lipinski definition) is 0. The van der Waals surface area contributed by atoms with Crippen LogP contribution >= 0.6 is 0 Å². The monoisotopic (exact) mass is 360 g/mol. The van der Waals surface area contributed by atoms with E-state index in [-0.39, 0.29) is 29.4 Å². The maximum atomic E-state index is 13.1. The van der Waals surface area contributed by atoms with Crippen molar-refractivity contribution in [1.82, 2.24) is 0 Å². The fourth-order valence-electron chi connectivity index (χ4n) is 4.70. The lowest BCUT2D eigenvalue weighted by molar-refractivity contribution is -0.384. The van der Waals surface area contributed by atoms with E-state index in [2.05, 4.69) is 12.2 Å². The summed E-state index contributed by atoms with van der Waals surface area (Å²) in [5.74, 6) is -0.00341. The van der Waals surface area contributed by atoms with Gasteiger partial charge in [-0.1, -0.05) is 42.5 Å². The van der Waals surface area contributed by atoms with Crippen molar-refractivity contribution >= 4 is 17.6 Å². The second-order valence-corrected chi connectivity index (χ2v) is 7.22. The Balaban J connectivity index is 1.61. The van der Waals surface area contributed by atoms with E-state index < -0.39 is 10.5 Å². The number of rotatable bonds is 3. The number of non-ortho nitro benzene ring substituents is 1. The Hall–Kier alpha value is -3.28. The molecule has 2 aliphatic carbocycles. The molecule has 1 spiro atoms. The first-order valence-electron chi connectivity index (χ1n) is 8.90. The highest BCUT2D eigenvalue weighted by Crippen LogP contribution is 2.59. The minimum Gasteiger partial charge on any atom is -0.405 e. The molecule has 1 saturated carbocycles. The minimum atomic E-state index is -0.985. The van der Waals surface area contributed by atoms with Crippen molar-refractivity contribution in [3.8, 4) is 0 Å². The topological polar surface area (TPSA) is 81.8 Å². The Morgan fingerprint density at radius 2 is 1.81 bits per heavy atom. The van der Waals surface area contributed by atoms with Gasteiger partial charge in [-0.25, -0.2) is 9.79 Å². The third kappa shape index (κ3) is 2.19. The van der Waals surface area contributed by atoms with Gasteiger partial charge >= 0.3 is 5.97 Å². The first-order chi connectivity index (χ1) is 13.1. The van der Waals surface area contributed by atoms with Crippen molar-refractivity contribution in [3.63, 3.8) is 0 Å². The zero-order valence-electron chi connectivity index (χ0n) is 14.3. The minimum absolute atomic E-state index is 0.0172. The number of fused-ring (bicyclic) bond motifs is 3. The smallest absolute Gasteiger partial charge is 0.342 e. The highest BCUT2D eigenvalue weighted by Gasteiger charge is 2.65. The average Bonchev–Trinajstić information content (AvgIpc) is 3.37. The Labute approximate surface area is 155 Å². The van der Waals surface area contributed by atoms with Crippen molar-refractivity contribution in [2.45, 2.75) is 17.9 Å². The van der Waals surface area contributed by atoms with Gasteiger partial charge in [-0.3, -0.25) is 10.1 Å². The first kappa shape index (κ1) is 15.9. The molecule has 0 radical (unpaired) electrons. The Bertz CT molecular complexity index is 997. The van der Waals surface area contributed by atoms with Crippen LogP contribution in [0.1, 0.15) is 23.5 Å². The summed E-state index contributed by atoms with van der Waals surface area (Å²) in [6.07, 6.45) is 5.03. The maximum Gasteiger partial charge on any atom is 0.342 e. The van der Waals surface area contributed by atoms with Crippen LogP contribution in [0.25, 0.3) is 0 Å². The number of cyclic esters (lactones) is 1. The number of hydrogen-bond acceptors (Lipinski definition) is 5. The van der Waals surface area contributed by atoms with Crippen LogP contribution in [0.5, 0.6) is 0 Å². The van der Waals surface area contributed by atoms with Gasteiger partial charge in [0.25, 0.3) is 5.69 Å². The van der Waals surface area contributed by atoms with Crippen LogP contribution in [-0.4, -0.2) is 22.3 Å². The number of nitro groups is 1. The SMILES string of the molecule is O=C1OC(c2ccccc2)=N[C@]12C1C=CC(C1)[C@H]2c1ccc([N+](=O)[O-])cc1. The van der Waals surface area contributed by atoms with Crippen LogP contribution in [0, 0.1) is 22.0 Å². The number of benzene rings is 2. The summed E-state index contributed by atoms with van der Waals surface area (Å²) in [7, 11) is 0. The molecule has 2 bridgehead atoms. The van der Waals surface area contributed by atoms with E-state index >= 15 is 0 Å². The standard InChI is InChI=1S/C21H16N2O4/c24-20-21(22-19(27-20)14-4-2-1-3-5-14)16-9-6-15(12-16)18(21)13-7-10-17(11-8-13)23(25)26/h1-11,15-16,18H,12H2/t15?,16?,18-,21+/m1/s1. The van der Waals surface area contributed by atoms with E-state index in [0.29, 0.717) is 5.90 Å². The molecule has 2 unspecified atom stereocenters. The zero-order chi connectivity index (χ0) is 18.6. The molecule has 0 amide bonds. The van der Waals surface area contributed by atoms with E-state index in [0.717, 1.165) is 17.5 Å². The second kappa shape index (κ2) is 5.61. The Morgan fingerprint density at radius 1 is 1.07 bits per heavy atom. The number of ether oxygens (including phenoxy) is 1. The van der Waals surface area contributed by atoms with Crippen LogP contribution in [0.15, 0.2) is 71.7 Å². The van der Waals surface area contributed by atoms with Crippen molar-refractivity contribution in [2.75, 3.05) is 0 Å². The molecule has 4 atom stereocenters. The lowest BCUT2D eigenvalue weighted by Gasteiger charge is -2.32. The predicted molar refractivity (Wildman–Crippen MR) is 98.4 cm³/mol. The fourth-order valence-corrected chi connectivity index (χ4v) is 4.70. The van der Waals surface area contributed by atoms with E-state index in [1.165, 1.54) is 12.1 Å². The number of nitrogens with zero attached hydrogens (tertiary/aromatic N) is 2. The van der Waals surface area contributed by atoms with Gasteiger partial charge in [-0.05, 0) is 30.0 Å². The van der Waals surface area contributed by atoms with Crippen LogP contribution in [0.2, 0.25) is 0 Å². The summed E-state index contributed by atoms with van der Waals surface area (Å²) in [5.41, 5.74) is 0.708. The normalized spacial score (nSPS) is 30.6. The van der Waals surface area contributed by atoms with Crippen LogP contribution in [-0.2, 0) is 9.53 Å². The van der Waals surface area contributed by atoms with Crippen molar-refractivity contribution < 1.29 is 14.5 Å². The second-order valence-electron chi connectivity index (χ2n) is 7.22. The highest BCUT2D eigenvalue weighted by molar-refractivity contribution is 6.09. The van der Waals surface area contributed by atoms with Gasteiger partial charge in [0, 0.05) is 29.5 Å². The van der Waals surface area contributed by atoms with Gasteiger partial charge in [-0.2, -0.15) is 0 Å². The molecule has 1 heterocycles. The number of carbonyl (C=O) groups excluding carboxylic acids is 1. The van der Waals surface area contributed by atoms with E-state index in [9.17, 15) is 14.9 Å². The molecule has 27 heavy (non-hydrogen) atoms. The molecule has 2 aromatic rings. The molecule has 6 nitrogen and oxygen atoms in total. The summed E-state index contributed by atoms with van der Waals surface area (Å²) in [4.78, 5) is 28.4. The van der Waals surface area contributed by atoms with Gasteiger partial charge < -0.3 is 4.74 Å². The number of carbonyl (C=O) groups is 1. The maximum absolute atomic E-state index is 13.1. The van der Waals surface area contributed by atoms with Gasteiger partial charge in [0.15, 0.2) is 5.54 Å². The zero-order valence-corrected chi connectivity index (χ0v) is 14.3. The molecule has 6 heteroatoms. The highest BCUT2D eigenvalue weighted by atomic mass is 16.6. The first-order valence-corrected chi connectivity index (χ1v) is 8.90. The van der Waals surface area contributed by atoms with Crippen LogP contribution in [0.3, 0.4) is 0 Å². The van der Waals surface area contributed by atoms with Crippen molar-refractivity contribution in [2.24, 2.45) is 16.8 Å². The Morgan fingerprint density at radius 3 is 2.52 bits per heavy atom. The van der Waals surface area contributed by atoms with E-state index in [1.54, 1.807) is 12.1 Å². The molecule has 1 fully saturated rings. The molecule has 5 rings (SSSR count). The fraction of sp³-hybridized carbons (Fsp3) is 0.238. The van der Waals surface area contributed by atoms with Gasteiger partial charge in [-0.15, -0.1) is 0 Å². The molecule has 0 N–H and O–H groups in total. The Kier molecular flexibility index (Phi) is 3.31. The summed E-state index contributed by atoms with van der Waals surface area (Å²) < 4.78 is 5.62. The van der Waals surface area contributed by atoms with E-state index in [1.807, 2.05) is 30.3 Å². The van der Waals surface area contributed by atoms with Gasteiger partial charge in [0.2, 0.25) is 5.90 Å². The predicted octanol–water partition coefficient (Wildman–Crippen LogP) is 3.63. The quantitative estimate of drug-likeness (QED) is 0.362. The third-order valence-corrected chi connectivity index (χ3v) is 5.87. The number of esters is 1. The van der Waals surface area contributed by atoms with Crippen LogP contribution in [0.4, 0.5) is 5.69 Å². The van der Waals surface area contributed by atoms with Gasteiger partial charge in [0.05, 0.1) is 4.92 Å². The average molecular weight is 360 g/mol. The molecule has 2 aromatic carbocycles.